The summed E-state index contributed by atoms with van der Waals surface area (Å²) < 4.78 is 14.0. The van der Waals surface area contributed by atoms with Gasteiger partial charge in [-0.25, -0.2) is 9.18 Å². The van der Waals surface area contributed by atoms with Gasteiger partial charge in [-0.05, 0) is 56.8 Å². The molecule has 3 rings (SSSR count). The number of urea groups is 1. The number of carbonyl (C=O) groups is 1. The standard InChI is InChI=1S/C19H27ClFN3O/c20-16-5-4-6-17(21)15(16)13-23-11-8-14(9-12-23)18-7-2-1-3-10-24(18)19(22)25/h4-6,14,18H,1-3,7-13H2,(H2,22,25). The van der Waals surface area contributed by atoms with Crippen LogP contribution in [0.2, 0.25) is 5.02 Å². The highest BCUT2D eigenvalue weighted by molar-refractivity contribution is 6.31. The van der Waals surface area contributed by atoms with Crippen LogP contribution in [-0.2, 0) is 6.54 Å². The predicted molar refractivity (Wildman–Crippen MR) is 98.0 cm³/mol. The zero-order valence-electron chi connectivity index (χ0n) is 14.6. The van der Waals surface area contributed by atoms with E-state index in [-0.39, 0.29) is 17.9 Å². The highest BCUT2D eigenvalue weighted by Gasteiger charge is 2.33. The maximum Gasteiger partial charge on any atom is 0.315 e. The summed E-state index contributed by atoms with van der Waals surface area (Å²) in [6.07, 6.45) is 6.46. The van der Waals surface area contributed by atoms with Crippen LogP contribution in [0.15, 0.2) is 18.2 Å². The number of hydrogen-bond donors (Lipinski definition) is 1. The first-order valence-electron chi connectivity index (χ1n) is 9.27. The summed E-state index contributed by atoms with van der Waals surface area (Å²) in [6.45, 7) is 3.13. The molecule has 0 spiro atoms. The molecule has 1 aromatic carbocycles. The minimum absolute atomic E-state index is 0.238. The van der Waals surface area contributed by atoms with Gasteiger partial charge in [-0.2, -0.15) is 0 Å². The fourth-order valence-electron chi connectivity index (χ4n) is 4.30. The van der Waals surface area contributed by atoms with Gasteiger partial charge in [0.05, 0.1) is 0 Å². The Morgan fingerprint density at radius 2 is 1.92 bits per heavy atom. The third kappa shape index (κ3) is 4.45. The highest BCUT2D eigenvalue weighted by Crippen LogP contribution is 2.31. The number of likely N-dealkylation sites (tertiary alicyclic amines) is 2. The van der Waals surface area contributed by atoms with Gasteiger partial charge in [-0.3, -0.25) is 4.90 Å². The molecule has 4 nitrogen and oxygen atoms in total. The van der Waals surface area contributed by atoms with Crippen molar-refractivity contribution in [1.29, 1.82) is 0 Å². The van der Waals surface area contributed by atoms with E-state index in [4.69, 9.17) is 17.3 Å². The van der Waals surface area contributed by atoms with Crippen LogP contribution in [-0.4, -0.2) is 41.5 Å². The molecule has 1 atom stereocenters. The molecular formula is C19H27ClFN3O. The second kappa shape index (κ2) is 8.37. The van der Waals surface area contributed by atoms with Gasteiger partial charge in [0.15, 0.2) is 0 Å². The Labute approximate surface area is 154 Å². The SMILES string of the molecule is NC(=O)N1CCCCCC1C1CCN(Cc2c(F)cccc2Cl)CC1. The Morgan fingerprint density at radius 3 is 2.60 bits per heavy atom. The molecule has 0 aliphatic carbocycles. The minimum Gasteiger partial charge on any atom is -0.351 e. The number of nitrogens with two attached hydrogens (primary N) is 1. The average molecular weight is 368 g/mol. The van der Waals surface area contributed by atoms with E-state index < -0.39 is 0 Å². The lowest BCUT2D eigenvalue weighted by Gasteiger charge is -2.40. The van der Waals surface area contributed by atoms with Crippen molar-refractivity contribution >= 4 is 17.6 Å². The molecule has 0 bridgehead atoms. The van der Waals surface area contributed by atoms with Crippen LogP contribution in [0.1, 0.15) is 44.1 Å². The quantitative estimate of drug-likeness (QED) is 0.877. The molecule has 2 saturated heterocycles. The fraction of sp³-hybridized carbons (Fsp3) is 0.632. The maximum absolute atomic E-state index is 14.0. The summed E-state index contributed by atoms with van der Waals surface area (Å²) in [4.78, 5) is 16.0. The summed E-state index contributed by atoms with van der Waals surface area (Å²) >= 11 is 6.15. The van der Waals surface area contributed by atoms with Crippen LogP contribution in [0.3, 0.4) is 0 Å². The van der Waals surface area contributed by atoms with Crippen LogP contribution >= 0.6 is 11.6 Å². The van der Waals surface area contributed by atoms with Gasteiger partial charge in [0, 0.05) is 29.7 Å². The van der Waals surface area contributed by atoms with Gasteiger partial charge < -0.3 is 10.6 Å². The predicted octanol–water partition coefficient (Wildman–Crippen LogP) is 4.01. The fourth-order valence-corrected chi connectivity index (χ4v) is 4.52. The Hall–Kier alpha value is -1.33. The molecule has 25 heavy (non-hydrogen) atoms. The molecule has 2 N–H and O–H groups in total. The summed E-state index contributed by atoms with van der Waals surface area (Å²) in [6, 6.07) is 4.82. The normalized spacial score (nSPS) is 23.4. The Kier molecular flexibility index (Phi) is 6.18. The van der Waals surface area contributed by atoms with E-state index >= 15 is 0 Å². The van der Waals surface area contributed by atoms with Gasteiger partial charge in [0.2, 0.25) is 0 Å². The molecule has 1 aromatic rings. The molecule has 2 aliphatic rings. The maximum atomic E-state index is 14.0. The minimum atomic E-state index is -0.285. The molecule has 138 valence electrons. The third-order valence-corrected chi connectivity index (χ3v) is 6.06. The molecule has 0 saturated carbocycles. The average Bonchev–Trinajstić information content (AvgIpc) is 2.85. The van der Waals surface area contributed by atoms with E-state index in [1.807, 2.05) is 4.90 Å². The molecule has 2 heterocycles. The van der Waals surface area contributed by atoms with Crippen molar-refractivity contribution in [3.8, 4) is 0 Å². The Bertz CT molecular complexity index is 584. The van der Waals surface area contributed by atoms with Crippen molar-refractivity contribution < 1.29 is 9.18 Å². The molecule has 2 aliphatic heterocycles. The highest BCUT2D eigenvalue weighted by atomic mass is 35.5. The number of hydrogen-bond acceptors (Lipinski definition) is 2. The number of nitrogens with zero attached hydrogens (tertiary/aromatic N) is 2. The zero-order valence-corrected chi connectivity index (χ0v) is 15.3. The molecular weight excluding hydrogens is 341 g/mol. The first-order chi connectivity index (χ1) is 12.1. The number of halogens is 2. The van der Waals surface area contributed by atoms with Crippen LogP contribution < -0.4 is 5.73 Å². The number of piperidine rings is 1. The van der Waals surface area contributed by atoms with Gasteiger partial charge in [0.25, 0.3) is 0 Å². The van der Waals surface area contributed by atoms with E-state index in [0.29, 0.717) is 23.0 Å². The van der Waals surface area contributed by atoms with Crippen LogP contribution in [0.25, 0.3) is 0 Å². The van der Waals surface area contributed by atoms with Gasteiger partial charge in [-0.15, -0.1) is 0 Å². The monoisotopic (exact) mass is 367 g/mol. The van der Waals surface area contributed by atoms with E-state index in [1.54, 1.807) is 12.1 Å². The van der Waals surface area contributed by atoms with Crippen molar-refractivity contribution in [1.82, 2.24) is 9.80 Å². The first-order valence-corrected chi connectivity index (χ1v) is 9.65. The molecule has 0 radical (unpaired) electrons. The van der Waals surface area contributed by atoms with E-state index in [9.17, 15) is 9.18 Å². The molecule has 2 fully saturated rings. The topological polar surface area (TPSA) is 49.6 Å². The van der Waals surface area contributed by atoms with Crippen LogP contribution in [0, 0.1) is 11.7 Å². The number of benzene rings is 1. The second-order valence-electron chi connectivity index (χ2n) is 7.26. The third-order valence-electron chi connectivity index (χ3n) is 5.70. The number of primary amides is 1. The smallest absolute Gasteiger partial charge is 0.315 e. The Morgan fingerprint density at radius 1 is 1.16 bits per heavy atom. The van der Waals surface area contributed by atoms with Crippen molar-refractivity contribution in [2.45, 2.75) is 51.1 Å². The van der Waals surface area contributed by atoms with E-state index in [0.717, 1.165) is 45.3 Å². The lowest BCUT2D eigenvalue weighted by atomic mass is 9.86. The number of rotatable bonds is 3. The molecule has 6 heteroatoms. The number of carbonyl (C=O) groups excluding carboxylic acids is 1. The summed E-state index contributed by atoms with van der Waals surface area (Å²) in [5.41, 5.74) is 6.20. The molecule has 0 aromatic heterocycles. The first kappa shape index (κ1) is 18.5. The van der Waals surface area contributed by atoms with Crippen molar-refractivity contribution in [3.05, 3.63) is 34.6 Å². The number of amides is 2. The molecule has 2 amide bonds. The van der Waals surface area contributed by atoms with E-state index in [2.05, 4.69) is 4.90 Å². The molecule has 1 unspecified atom stereocenters. The second-order valence-corrected chi connectivity index (χ2v) is 7.67. The van der Waals surface area contributed by atoms with Crippen LogP contribution in [0.5, 0.6) is 0 Å². The zero-order chi connectivity index (χ0) is 17.8. The van der Waals surface area contributed by atoms with Gasteiger partial charge >= 0.3 is 6.03 Å². The van der Waals surface area contributed by atoms with Crippen molar-refractivity contribution in [3.63, 3.8) is 0 Å². The lowest BCUT2D eigenvalue weighted by molar-refractivity contribution is 0.101. The van der Waals surface area contributed by atoms with Gasteiger partial charge in [-0.1, -0.05) is 30.5 Å². The van der Waals surface area contributed by atoms with Gasteiger partial charge in [0.1, 0.15) is 5.82 Å². The lowest BCUT2D eigenvalue weighted by Crippen LogP contribution is -2.49. The summed E-state index contributed by atoms with van der Waals surface area (Å²) in [5.74, 6) is 0.247. The largest absolute Gasteiger partial charge is 0.351 e. The van der Waals surface area contributed by atoms with Crippen molar-refractivity contribution in [2.75, 3.05) is 19.6 Å². The van der Waals surface area contributed by atoms with Crippen LogP contribution in [0.4, 0.5) is 9.18 Å². The summed E-state index contributed by atoms with van der Waals surface area (Å²) in [5, 5.41) is 0.491. The van der Waals surface area contributed by atoms with Crippen molar-refractivity contribution in [2.24, 2.45) is 11.7 Å². The van der Waals surface area contributed by atoms with E-state index in [1.165, 1.54) is 18.9 Å². The summed E-state index contributed by atoms with van der Waals surface area (Å²) in [7, 11) is 0. The Balaban J connectivity index is 1.60.